The minimum absolute atomic E-state index is 0.0535. The maximum atomic E-state index is 7.58. The second-order valence-corrected chi connectivity index (χ2v) is 6.53. The Kier molecular flexibility index (Phi) is 4.16. The molecular formula is C20H22N6. The molecule has 6 heteroatoms. The van der Waals surface area contributed by atoms with E-state index in [0.717, 1.165) is 47.6 Å². The summed E-state index contributed by atoms with van der Waals surface area (Å²) in [5.74, 6) is 1.94. The quantitative estimate of drug-likeness (QED) is 0.368. The van der Waals surface area contributed by atoms with Crippen molar-refractivity contribution in [3.8, 4) is 0 Å². The molecule has 0 aliphatic heterocycles. The Morgan fingerprint density at radius 2 is 2.00 bits per heavy atom. The number of rotatable bonds is 6. The van der Waals surface area contributed by atoms with Crippen molar-refractivity contribution >= 4 is 27.9 Å². The van der Waals surface area contributed by atoms with E-state index in [9.17, 15) is 0 Å². The van der Waals surface area contributed by atoms with Crippen molar-refractivity contribution in [1.82, 2.24) is 19.5 Å². The van der Waals surface area contributed by atoms with Gasteiger partial charge in [0.2, 0.25) is 0 Å². The minimum atomic E-state index is 0.0535. The molecule has 0 spiro atoms. The van der Waals surface area contributed by atoms with Crippen LogP contribution in [0.2, 0.25) is 0 Å². The van der Waals surface area contributed by atoms with E-state index < -0.39 is 0 Å². The molecule has 0 saturated heterocycles. The zero-order valence-electron chi connectivity index (χ0n) is 14.8. The van der Waals surface area contributed by atoms with Crippen LogP contribution >= 0.6 is 0 Å². The van der Waals surface area contributed by atoms with Crippen LogP contribution in [0.15, 0.2) is 42.5 Å². The molecule has 0 saturated carbocycles. The highest BCUT2D eigenvalue weighted by Gasteiger charge is 2.13. The Morgan fingerprint density at radius 1 is 1.15 bits per heavy atom. The molecule has 2 aromatic heterocycles. The molecule has 26 heavy (non-hydrogen) atoms. The standard InChI is InChI=1S/C20H22N6/c1-2-3-10-26-17-7-5-4-6-15(17)25-19(26)12-18-23-14-9-8-13(20(21)22)11-16(14)24-18/h4-9,11H,2-3,10,12H2,1H3,(H3,21,22)(H,23,24). The van der Waals surface area contributed by atoms with E-state index in [1.54, 1.807) is 0 Å². The van der Waals surface area contributed by atoms with E-state index in [0.29, 0.717) is 12.0 Å². The van der Waals surface area contributed by atoms with Gasteiger partial charge in [-0.15, -0.1) is 0 Å². The van der Waals surface area contributed by atoms with Crippen LogP contribution < -0.4 is 5.73 Å². The average molecular weight is 346 g/mol. The molecule has 6 nitrogen and oxygen atoms in total. The number of hydrogen-bond acceptors (Lipinski definition) is 3. The van der Waals surface area contributed by atoms with E-state index in [4.69, 9.17) is 16.1 Å². The van der Waals surface area contributed by atoms with Crippen LogP contribution in [0.25, 0.3) is 22.1 Å². The molecule has 132 valence electrons. The fourth-order valence-electron chi connectivity index (χ4n) is 3.29. The van der Waals surface area contributed by atoms with E-state index in [2.05, 4.69) is 39.7 Å². The number of unbranched alkanes of at least 4 members (excludes halogenated alkanes) is 1. The van der Waals surface area contributed by atoms with Gasteiger partial charge in [0, 0.05) is 12.1 Å². The number of para-hydroxylation sites is 2. The molecular weight excluding hydrogens is 324 g/mol. The number of hydrogen-bond donors (Lipinski definition) is 3. The molecule has 4 aromatic rings. The minimum Gasteiger partial charge on any atom is -0.384 e. The molecule has 0 unspecified atom stereocenters. The number of imidazole rings is 2. The normalized spacial score (nSPS) is 11.4. The third-order valence-corrected chi connectivity index (χ3v) is 4.64. The molecule has 2 heterocycles. The Bertz CT molecular complexity index is 1090. The molecule has 2 aromatic carbocycles. The van der Waals surface area contributed by atoms with Crippen LogP contribution in [0.4, 0.5) is 0 Å². The highest BCUT2D eigenvalue weighted by atomic mass is 15.1. The number of amidine groups is 1. The van der Waals surface area contributed by atoms with E-state index in [-0.39, 0.29) is 5.84 Å². The van der Waals surface area contributed by atoms with E-state index in [1.165, 1.54) is 5.52 Å². The molecule has 0 fully saturated rings. The Hall–Kier alpha value is -3.15. The lowest BCUT2D eigenvalue weighted by Gasteiger charge is -2.07. The second kappa shape index (κ2) is 6.63. The first-order chi connectivity index (χ1) is 12.7. The number of aryl methyl sites for hydroxylation is 1. The van der Waals surface area contributed by atoms with Crippen molar-refractivity contribution in [2.24, 2.45) is 5.73 Å². The van der Waals surface area contributed by atoms with Crippen molar-refractivity contribution in [2.45, 2.75) is 32.7 Å². The summed E-state index contributed by atoms with van der Waals surface area (Å²) in [7, 11) is 0. The van der Waals surface area contributed by atoms with Crippen LogP contribution in [-0.4, -0.2) is 25.4 Å². The van der Waals surface area contributed by atoms with Gasteiger partial charge in [-0.05, 0) is 36.8 Å². The van der Waals surface area contributed by atoms with E-state index in [1.807, 2.05) is 24.3 Å². The van der Waals surface area contributed by atoms with Gasteiger partial charge in [-0.3, -0.25) is 5.41 Å². The summed E-state index contributed by atoms with van der Waals surface area (Å²) >= 11 is 0. The van der Waals surface area contributed by atoms with Gasteiger partial charge in [0.15, 0.2) is 0 Å². The van der Waals surface area contributed by atoms with Crippen molar-refractivity contribution in [2.75, 3.05) is 0 Å². The van der Waals surface area contributed by atoms with Crippen molar-refractivity contribution in [3.05, 3.63) is 59.7 Å². The molecule has 0 amide bonds. The van der Waals surface area contributed by atoms with Crippen LogP contribution in [0.1, 0.15) is 37.0 Å². The predicted octanol–water partition coefficient (Wildman–Crippen LogP) is 3.59. The monoisotopic (exact) mass is 346 g/mol. The van der Waals surface area contributed by atoms with Crippen molar-refractivity contribution in [1.29, 1.82) is 5.41 Å². The number of nitrogens with zero attached hydrogens (tertiary/aromatic N) is 3. The number of nitrogen functional groups attached to an aromatic ring is 1. The molecule has 4 rings (SSSR count). The van der Waals surface area contributed by atoms with Gasteiger partial charge in [0.25, 0.3) is 0 Å². The molecule has 0 aliphatic carbocycles. The zero-order chi connectivity index (χ0) is 18.1. The van der Waals surface area contributed by atoms with Gasteiger partial charge in [-0.1, -0.05) is 25.5 Å². The lowest BCUT2D eigenvalue weighted by molar-refractivity contribution is 0.620. The van der Waals surface area contributed by atoms with Crippen molar-refractivity contribution in [3.63, 3.8) is 0 Å². The first kappa shape index (κ1) is 16.3. The Morgan fingerprint density at radius 3 is 2.81 bits per heavy atom. The van der Waals surface area contributed by atoms with Gasteiger partial charge < -0.3 is 15.3 Å². The summed E-state index contributed by atoms with van der Waals surface area (Å²) in [6.45, 7) is 3.16. The largest absolute Gasteiger partial charge is 0.384 e. The highest BCUT2D eigenvalue weighted by molar-refractivity contribution is 5.97. The number of fused-ring (bicyclic) bond motifs is 2. The summed E-state index contributed by atoms with van der Waals surface area (Å²) in [6, 6.07) is 13.9. The Labute approximate surface area is 151 Å². The van der Waals surface area contributed by atoms with E-state index >= 15 is 0 Å². The van der Waals surface area contributed by atoms with Gasteiger partial charge in [0.05, 0.1) is 28.5 Å². The lowest BCUT2D eigenvalue weighted by atomic mass is 10.2. The third-order valence-electron chi connectivity index (χ3n) is 4.64. The fourth-order valence-corrected chi connectivity index (χ4v) is 3.29. The number of benzene rings is 2. The molecule has 0 atom stereocenters. The van der Waals surface area contributed by atoms with Gasteiger partial charge in [0.1, 0.15) is 17.5 Å². The zero-order valence-corrected chi connectivity index (χ0v) is 14.8. The van der Waals surface area contributed by atoms with Gasteiger partial charge in [-0.2, -0.15) is 0 Å². The first-order valence-corrected chi connectivity index (χ1v) is 8.93. The first-order valence-electron chi connectivity index (χ1n) is 8.93. The number of aromatic amines is 1. The second-order valence-electron chi connectivity index (χ2n) is 6.53. The Balaban J connectivity index is 1.72. The summed E-state index contributed by atoms with van der Waals surface area (Å²) in [6.07, 6.45) is 2.91. The third kappa shape index (κ3) is 2.94. The van der Waals surface area contributed by atoms with Gasteiger partial charge >= 0.3 is 0 Å². The summed E-state index contributed by atoms with van der Waals surface area (Å²) in [5.41, 5.74) is 10.2. The molecule has 0 bridgehead atoms. The van der Waals surface area contributed by atoms with Crippen LogP contribution in [0, 0.1) is 5.41 Å². The SMILES string of the molecule is CCCCn1c(Cc2nc3cc(C(=N)N)ccc3[nH]2)nc2ccccc21. The number of nitrogens with one attached hydrogen (secondary N) is 2. The molecule has 4 N–H and O–H groups in total. The smallest absolute Gasteiger partial charge is 0.122 e. The van der Waals surface area contributed by atoms with Crippen LogP contribution in [0.5, 0.6) is 0 Å². The highest BCUT2D eigenvalue weighted by Crippen LogP contribution is 2.20. The summed E-state index contributed by atoms with van der Waals surface area (Å²) in [4.78, 5) is 12.9. The number of aromatic nitrogens is 4. The maximum absolute atomic E-state index is 7.58. The molecule has 0 radical (unpaired) electrons. The number of H-pyrrole nitrogens is 1. The predicted molar refractivity (Wildman–Crippen MR) is 105 cm³/mol. The van der Waals surface area contributed by atoms with Crippen LogP contribution in [-0.2, 0) is 13.0 Å². The lowest BCUT2D eigenvalue weighted by Crippen LogP contribution is -2.10. The maximum Gasteiger partial charge on any atom is 0.122 e. The molecule has 0 aliphatic rings. The average Bonchev–Trinajstić information content (AvgIpc) is 3.19. The summed E-state index contributed by atoms with van der Waals surface area (Å²) in [5, 5.41) is 7.58. The fraction of sp³-hybridized carbons (Fsp3) is 0.250. The van der Waals surface area contributed by atoms with Crippen molar-refractivity contribution < 1.29 is 0 Å². The van der Waals surface area contributed by atoms with Gasteiger partial charge in [-0.25, -0.2) is 9.97 Å². The summed E-state index contributed by atoms with van der Waals surface area (Å²) < 4.78 is 2.30. The number of nitrogens with two attached hydrogens (primary N) is 1. The van der Waals surface area contributed by atoms with Crippen LogP contribution in [0.3, 0.4) is 0 Å². The topological polar surface area (TPSA) is 96.4 Å².